The van der Waals surface area contributed by atoms with Crippen LogP contribution in [0.25, 0.3) is 45.6 Å². The van der Waals surface area contributed by atoms with Gasteiger partial charge in [0.25, 0.3) is 0 Å². The molecule has 158 valence electrons. The monoisotopic (exact) mass is 419 g/mol. The SMILES string of the molecule is C=C/C=C\C(=C/C)C(=C)/C=c1/c(-c2cc3c(-c4cccnc4)cncc3[nH]2)n[nH]/c1=C/C. The first-order valence-corrected chi connectivity index (χ1v) is 10.4. The Morgan fingerprint density at radius 2 is 2.00 bits per heavy atom. The number of nitrogens with one attached hydrogen (secondary N) is 2. The third kappa shape index (κ3) is 4.01. The van der Waals surface area contributed by atoms with E-state index in [1.807, 2.05) is 68.9 Å². The van der Waals surface area contributed by atoms with E-state index in [1.165, 1.54) is 0 Å². The first-order chi connectivity index (χ1) is 15.7. The fraction of sp³-hybridized carbons (Fsp3) is 0.0741. The van der Waals surface area contributed by atoms with Crippen molar-refractivity contribution in [2.24, 2.45) is 0 Å². The minimum Gasteiger partial charge on any atom is -0.352 e. The molecule has 0 amide bonds. The zero-order valence-corrected chi connectivity index (χ0v) is 18.3. The van der Waals surface area contributed by atoms with Crippen molar-refractivity contribution in [1.29, 1.82) is 0 Å². The maximum Gasteiger partial charge on any atom is 0.116 e. The van der Waals surface area contributed by atoms with Crippen LogP contribution in [0.15, 0.2) is 91.6 Å². The highest BCUT2D eigenvalue weighted by Gasteiger charge is 2.13. The zero-order chi connectivity index (χ0) is 22.5. The topological polar surface area (TPSA) is 70.2 Å². The Labute approximate surface area is 187 Å². The van der Waals surface area contributed by atoms with Gasteiger partial charge in [-0.2, -0.15) is 5.10 Å². The second kappa shape index (κ2) is 9.27. The van der Waals surface area contributed by atoms with Crippen LogP contribution in [0, 0.1) is 0 Å². The van der Waals surface area contributed by atoms with Gasteiger partial charge in [0, 0.05) is 40.3 Å². The Morgan fingerprint density at radius 1 is 1.12 bits per heavy atom. The molecule has 5 nitrogen and oxygen atoms in total. The molecule has 0 fully saturated rings. The van der Waals surface area contributed by atoms with Crippen LogP contribution >= 0.6 is 0 Å². The summed E-state index contributed by atoms with van der Waals surface area (Å²) in [5.74, 6) is 0. The smallest absolute Gasteiger partial charge is 0.116 e. The van der Waals surface area contributed by atoms with E-state index < -0.39 is 0 Å². The number of hydrogen-bond donors (Lipinski definition) is 2. The Balaban J connectivity index is 1.87. The van der Waals surface area contributed by atoms with Crippen LogP contribution in [-0.4, -0.2) is 25.1 Å². The molecule has 0 saturated heterocycles. The second-order valence-corrected chi connectivity index (χ2v) is 7.27. The van der Waals surface area contributed by atoms with Crippen molar-refractivity contribution in [1.82, 2.24) is 25.1 Å². The summed E-state index contributed by atoms with van der Waals surface area (Å²) < 4.78 is 0. The highest BCUT2D eigenvalue weighted by atomic mass is 15.1. The van der Waals surface area contributed by atoms with E-state index in [2.05, 4.69) is 50.4 Å². The van der Waals surface area contributed by atoms with Crippen LogP contribution < -0.4 is 10.6 Å². The Morgan fingerprint density at radius 3 is 2.72 bits per heavy atom. The van der Waals surface area contributed by atoms with Crippen LogP contribution in [-0.2, 0) is 0 Å². The number of pyridine rings is 2. The van der Waals surface area contributed by atoms with Gasteiger partial charge in [0.05, 0.1) is 22.8 Å². The van der Waals surface area contributed by atoms with Crippen LogP contribution in [0.1, 0.15) is 13.8 Å². The molecule has 0 aliphatic rings. The van der Waals surface area contributed by atoms with E-state index in [9.17, 15) is 0 Å². The lowest BCUT2D eigenvalue weighted by molar-refractivity contribution is 1.06. The van der Waals surface area contributed by atoms with Crippen LogP contribution in [0.2, 0.25) is 0 Å². The number of fused-ring (bicyclic) bond motifs is 1. The van der Waals surface area contributed by atoms with E-state index in [-0.39, 0.29) is 0 Å². The molecule has 0 atom stereocenters. The number of aromatic amines is 2. The predicted octanol–water partition coefficient (Wildman–Crippen LogP) is 4.84. The van der Waals surface area contributed by atoms with Gasteiger partial charge in [0.1, 0.15) is 5.69 Å². The Kier molecular flexibility index (Phi) is 6.08. The van der Waals surface area contributed by atoms with Gasteiger partial charge in [-0.25, -0.2) is 0 Å². The van der Waals surface area contributed by atoms with Crippen molar-refractivity contribution in [3.05, 3.63) is 102 Å². The zero-order valence-electron chi connectivity index (χ0n) is 18.3. The largest absolute Gasteiger partial charge is 0.352 e. The molecule has 0 spiro atoms. The normalized spacial score (nSPS) is 13.4. The maximum absolute atomic E-state index is 4.61. The van der Waals surface area contributed by atoms with Gasteiger partial charge >= 0.3 is 0 Å². The minimum absolute atomic E-state index is 0.829. The summed E-state index contributed by atoms with van der Waals surface area (Å²) in [4.78, 5) is 12.1. The number of nitrogens with zero attached hydrogens (tertiary/aromatic N) is 3. The predicted molar refractivity (Wildman–Crippen MR) is 133 cm³/mol. The van der Waals surface area contributed by atoms with Crippen molar-refractivity contribution in [3.63, 3.8) is 0 Å². The highest BCUT2D eigenvalue weighted by molar-refractivity contribution is 5.97. The van der Waals surface area contributed by atoms with Crippen molar-refractivity contribution in [2.75, 3.05) is 0 Å². The minimum atomic E-state index is 0.829. The number of hydrogen-bond acceptors (Lipinski definition) is 3. The second-order valence-electron chi connectivity index (χ2n) is 7.27. The van der Waals surface area contributed by atoms with Crippen molar-refractivity contribution < 1.29 is 0 Å². The van der Waals surface area contributed by atoms with E-state index in [4.69, 9.17) is 0 Å². The van der Waals surface area contributed by atoms with Gasteiger partial charge in [-0.1, -0.05) is 49.6 Å². The van der Waals surface area contributed by atoms with Gasteiger partial charge in [0.15, 0.2) is 0 Å². The number of rotatable bonds is 6. The fourth-order valence-corrected chi connectivity index (χ4v) is 3.68. The summed E-state index contributed by atoms with van der Waals surface area (Å²) >= 11 is 0. The first kappa shape index (κ1) is 21.0. The summed E-state index contributed by atoms with van der Waals surface area (Å²) in [5.41, 5.74) is 6.65. The lowest BCUT2D eigenvalue weighted by atomic mass is 10.0. The van der Waals surface area contributed by atoms with E-state index in [0.29, 0.717) is 0 Å². The van der Waals surface area contributed by atoms with Gasteiger partial charge in [-0.05, 0) is 43.2 Å². The molecular weight excluding hydrogens is 394 g/mol. The molecule has 4 aromatic rings. The van der Waals surface area contributed by atoms with Crippen molar-refractivity contribution in [2.45, 2.75) is 13.8 Å². The fourth-order valence-electron chi connectivity index (χ4n) is 3.68. The molecule has 32 heavy (non-hydrogen) atoms. The number of H-pyrrole nitrogens is 2. The maximum atomic E-state index is 4.61. The molecular formula is C27H25N5. The molecule has 0 aromatic carbocycles. The summed E-state index contributed by atoms with van der Waals surface area (Å²) in [6.45, 7) is 12.0. The molecule has 4 aromatic heterocycles. The highest BCUT2D eigenvalue weighted by Crippen LogP contribution is 2.29. The summed E-state index contributed by atoms with van der Waals surface area (Å²) in [6, 6.07) is 6.08. The molecule has 0 saturated carbocycles. The molecule has 4 rings (SSSR count). The molecule has 4 heterocycles. The Bertz CT molecular complexity index is 1460. The van der Waals surface area contributed by atoms with Crippen LogP contribution in [0.4, 0.5) is 0 Å². The molecule has 0 radical (unpaired) electrons. The molecule has 0 aliphatic carbocycles. The molecule has 0 aliphatic heterocycles. The van der Waals surface area contributed by atoms with E-state index in [0.717, 1.165) is 55.1 Å². The number of allylic oxidation sites excluding steroid dienone is 6. The third-order valence-electron chi connectivity index (χ3n) is 5.31. The van der Waals surface area contributed by atoms with Gasteiger partial charge < -0.3 is 4.98 Å². The van der Waals surface area contributed by atoms with E-state index >= 15 is 0 Å². The summed E-state index contributed by atoms with van der Waals surface area (Å²) in [5, 5.41) is 10.7. The summed E-state index contributed by atoms with van der Waals surface area (Å²) in [6.07, 6.45) is 19.1. The van der Waals surface area contributed by atoms with Gasteiger partial charge in [-0.15, -0.1) is 0 Å². The summed E-state index contributed by atoms with van der Waals surface area (Å²) in [7, 11) is 0. The average Bonchev–Trinajstić information content (AvgIpc) is 3.43. The van der Waals surface area contributed by atoms with Crippen LogP contribution in [0.5, 0.6) is 0 Å². The van der Waals surface area contributed by atoms with E-state index in [1.54, 1.807) is 12.3 Å². The molecule has 0 bridgehead atoms. The first-order valence-electron chi connectivity index (χ1n) is 10.4. The van der Waals surface area contributed by atoms with Gasteiger partial charge in [-0.3, -0.25) is 15.1 Å². The Hall–Kier alpha value is -4.25. The molecule has 5 heteroatoms. The quantitative estimate of drug-likeness (QED) is 0.439. The number of aromatic nitrogens is 5. The average molecular weight is 420 g/mol. The third-order valence-corrected chi connectivity index (χ3v) is 5.31. The lowest BCUT2D eigenvalue weighted by Crippen LogP contribution is -2.23. The van der Waals surface area contributed by atoms with Gasteiger partial charge in [0.2, 0.25) is 0 Å². The van der Waals surface area contributed by atoms with Crippen molar-refractivity contribution in [3.8, 4) is 22.5 Å². The lowest BCUT2D eigenvalue weighted by Gasteiger charge is -2.01. The molecule has 2 N–H and O–H groups in total. The molecule has 0 unspecified atom stereocenters. The van der Waals surface area contributed by atoms with Crippen molar-refractivity contribution >= 4 is 23.1 Å². The standard InChI is InChI=1S/C27H25N5/c1-5-8-10-19(6-2)18(4)13-22-24(7-3)31-32-27(22)25-14-21-23(16-29-17-26(21)30-25)20-11-9-12-28-15-20/h5-17,30-31H,1,4H2,2-3H3/b10-8-,19-6+,22-13+,24-7+. The van der Waals surface area contributed by atoms with Crippen LogP contribution in [0.3, 0.4) is 0 Å².